The molecule has 9 heteroatoms. The van der Waals surface area contributed by atoms with E-state index in [2.05, 4.69) is 35.5 Å². The quantitative estimate of drug-likeness (QED) is 0.837. The molecule has 2 N–H and O–H groups in total. The van der Waals surface area contributed by atoms with E-state index in [-0.39, 0.29) is 11.3 Å². The van der Waals surface area contributed by atoms with Crippen LogP contribution in [0.4, 0.5) is 11.9 Å². The lowest BCUT2D eigenvalue weighted by Gasteiger charge is -2.19. The molecule has 0 radical (unpaired) electrons. The number of nitrogens with zero attached hydrogens (tertiary/aromatic N) is 6. The standard InChI is InChI=1S/C11H17ClN8/c1-4-20(5-2)11-17-9(12)16-10(18-11)15-7(3)8-13-6-14-19-8/h6-7H,4-5H2,1-3H3,(H,13,14,19)(H,15,16,17,18). The lowest BCUT2D eigenvalue weighted by atomic mass is 10.3. The number of halogens is 1. The first kappa shape index (κ1) is 14.4. The van der Waals surface area contributed by atoms with Crippen molar-refractivity contribution in [3.8, 4) is 0 Å². The molecule has 2 aromatic rings. The van der Waals surface area contributed by atoms with Gasteiger partial charge in [-0.15, -0.1) is 0 Å². The fourth-order valence-corrected chi connectivity index (χ4v) is 1.89. The van der Waals surface area contributed by atoms with Gasteiger partial charge in [0.05, 0.1) is 6.04 Å². The Labute approximate surface area is 122 Å². The van der Waals surface area contributed by atoms with Gasteiger partial charge in [0, 0.05) is 13.1 Å². The number of rotatable bonds is 6. The van der Waals surface area contributed by atoms with Crippen molar-refractivity contribution in [2.45, 2.75) is 26.8 Å². The third-order valence-electron chi connectivity index (χ3n) is 2.83. The molecule has 2 rings (SSSR count). The van der Waals surface area contributed by atoms with Crippen molar-refractivity contribution in [3.05, 3.63) is 17.4 Å². The predicted molar refractivity (Wildman–Crippen MR) is 76.8 cm³/mol. The third kappa shape index (κ3) is 3.32. The number of hydrogen-bond acceptors (Lipinski definition) is 7. The average molecular weight is 297 g/mol. The number of H-pyrrole nitrogens is 1. The predicted octanol–water partition coefficient (Wildman–Crippen LogP) is 1.66. The molecular weight excluding hydrogens is 280 g/mol. The molecule has 0 aromatic carbocycles. The summed E-state index contributed by atoms with van der Waals surface area (Å²) in [6.45, 7) is 7.59. The van der Waals surface area contributed by atoms with Crippen LogP contribution in [-0.2, 0) is 0 Å². The number of anilines is 2. The lowest BCUT2D eigenvalue weighted by molar-refractivity contribution is 0.769. The first-order valence-electron chi connectivity index (χ1n) is 6.42. The van der Waals surface area contributed by atoms with Crippen LogP contribution in [0.25, 0.3) is 0 Å². The van der Waals surface area contributed by atoms with Gasteiger partial charge in [-0.05, 0) is 32.4 Å². The van der Waals surface area contributed by atoms with E-state index in [0.717, 1.165) is 13.1 Å². The van der Waals surface area contributed by atoms with Crippen LogP contribution in [0.5, 0.6) is 0 Å². The summed E-state index contributed by atoms with van der Waals surface area (Å²) in [6, 6.07) is -0.111. The normalized spacial score (nSPS) is 12.2. The maximum Gasteiger partial charge on any atom is 0.231 e. The van der Waals surface area contributed by atoms with E-state index in [1.165, 1.54) is 6.33 Å². The fraction of sp³-hybridized carbons (Fsp3) is 0.545. The molecule has 0 saturated carbocycles. The molecule has 20 heavy (non-hydrogen) atoms. The summed E-state index contributed by atoms with van der Waals surface area (Å²) in [6.07, 6.45) is 1.45. The molecule has 8 nitrogen and oxygen atoms in total. The van der Waals surface area contributed by atoms with Crippen molar-refractivity contribution in [1.82, 2.24) is 30.1 Å². The van der Waals surface area contributed by atoms with E-state index in [4.69, 9.17) is 11.6 Å². The van der Waals surface area contributed by atoms with Crippen molar-refractivity contribution in [2.75, 3.05) is 23.3 Å². The van der Waals surface area contributed by atoms with Gasteiger partial charge in [-0.3, -0.25) is 5.10 Å². The van der Waals surface area contributed by atoms with Gasteiger partial charge >= 0.3 is 0 Å². The number of hydrogen-bond donors (Lipinski definition) is 2. The minimum Gasteiger partial charge on any atom is -0.344 e. The van der Waals surface area contributed by atoms with E-state index in [1.807, 2.05) is 25.7 Å². The molecular formula is C11H17ClN8. The van der Waals surface area contributed by atoms with E-state index < -0.39 is 0 Å². The topological polar surface area (TPSA) is 95.5 Å². The summed E-state index contributed by atoms with van der Waals surface area (Å²) in [5.74, 6) is 1.67. The second-order valence-electron chi connectivity index (χ2n) is 4.14. The maximum absolute atomic E-state index is 5.95. The minimum absolute atomic E-state index is 0.111. The Balaban J connectivity index is 2.19. The first-order valence-corrected chi connectivity index (χ1v) is 6.80. The Morgan fingerprint density at radius 3 is 2.65 bits per heavy atom. The van der Waals surface area contributed by atoms with Crippen LogP contribution in [0.3, 0.4) is 0 Å². The summed E-state index contributed by atoms with van der Waals surface area (Å²) in [5.41, 5.74) is 0. The van der Waals surface area contributed by atoms with Crippen LogP contribution in [-0.4, -0.2) is 43.2 Å². The van der Waals surface area contributed by atoms with Crippen LogP contribution >= 0.6 is 11.6 Å². The van der Waals surface area contributed by atoms with Crippen LogP contribution in [0.2, 0.25) is 5.28 Å². The molecule has 0 bridgehead atoms. The molecule has 1 unspecified atom stereocenters. The van der Waals surface area contributed by atoms with Crippen LogP contribution < -0.4 is 10.2 Å². The second-order valence-corrected chi connectivity index (χ2v) is 4.48. The Bertz CT molecular complexity index is 539. The van der Waals surface area contributed by atoms with Gasteiger partial charge in [-0.2, -0.15) is 20.1 Å². The van der Waals surface area contributed by atoms with Crippen molar-refractivity contribution < 1.29 is 0 Å². The highest BCUT2D eigenvalue weighted by molar-refractivity contribution is 6.28. The zero-order chi connectivity index (χ0) is 14.5. The first-order chi connectivity index (χ1) is 9.63. The van der Waals surface area contributed by atoms with Gasteiger partial charge in [-0.25, -0.2) is 4.98 Å². The summed E-state index contributed by atoms with van der Waals surface area (Å²) in [4.78, 5) is 18.7. The molecule has 0 aliphatic heterocycles. The largest absolute Gasteiger partial charge is 0.344 e. The van der Waals surface area contributed by atoms with E-state index in [1.54, 1.807) is 0 Å². The molecule has 2 aromatic heterocycles. The van der Waals surface area contributed by atoms with Crippen molar-refractivity contribution in [3.63, 3.8) is 0 Å². The van der Waals surface area contributed by atoms with E-state index >= 15 is 0 Å². The van der Waals surface area contributed by atoms with E-state index in [9.17, 15) is 0 Å². The highest BCUT2D eigenvalue weighted by Crippen LogP contribution is 2.17. The van der Waals surface area contributed by atoms with Crippen LogP contribution in [0, 0.1) is 0 Å². The van der Waals surface area contributed by atoms with Crippen molar-refractivity contribution in [1.29, 1.82) is 0 Å². The second kappa shape index (κ2) is 6.47. The monoisotopic (exact) mass is 296 g/mol. The fourth-order valence-electron chi connectivity index (χ4n) is 1.74. The summed E-state index contributed by atoms with van der Waals surface area (Å²) >= 11 is 5.95. The van der Waals surface area contributed by atoms with Crippen LogP contribution in [0.1, 0.15) is 32.6 Å². The molecule has 108 valence electrons. The van der Waals surface area contributed by atoms with Gasteiger partial charge in [0.2, 0.25) is 17.2 Å². The van der Waals surface area contributed by atoms with Gasteiger partial charge in [0.25, 0.3) is 0 Å². The molecule has 0 aliphatic carbocycles. The summed E-state index contributed by atoms with van der Waals surface area (Å²) in [5, 5.41) is 9.89. The third-order valence-corrected chi connectivity index (χ3v) is 3.00. The van der Waals surface area contributed by atoms with Gasteiger partial charge in [0.15, 0.2) is 0 Å². The SMILES string of the molecule is CCN(CC)c1nc(Cl)nc(NC(C)c2ncn[nH]2)n1. The zero-order valence-electron chi connectivity index (χ0n) is 11.6. The molecule has 0 saturated heterocycles. The minimum atomic E-state index is -0.111. The Kier molecular flexibility index (Phi) is 4.67. The van der Waals surface area contributed by atoms with E-state index in [0.29, 0.717) is 17.7 Å². The van der Waals surface area contributed by atoms with Gasteiger partial charge in [0.1, 0.15) is 12.2 Å². The molecule has 1 atom stereocenters. The average Bonchev–Trinajstić information content (AvgIpc) is 2.93. The maximum atomic E-state index is 5.95. The zero-order valence-corrected chi connectivity index (χ0v) is 12.4. The highest BCUT2D eigenvalue weighted by atomic mass is 35.5. The number of aromatic amines is 1. The van der Waals surface area contributed by atoms with Gasteiger partial charge in [-0.1, -0.05) is 0 Å². The van der Waals surface area contributed by atoms with Gasteiger partial charge < -0.3 is 10.2 Å². The highest BCUT2D eigenvalue weighted by Gasteiger charge is 2.14. The Morgan fingerprint density at radius 2 is 2.05 bits per heavy atom. The lowest BCUT2D eigenvalue weighted by Crippen LogP contribution is -2.25. The smallest absolute Gasteiger partial charge is 0.231 e. The number of aromatic nitrogens is 6. The molecule has 0 fully saturated rings. The van der Waals surface area contributed by atoms with Crippen molar-refractivity contribution >= 4 is 23.5 Å². The molecule has 2 heterocycles. The number of nitrogens with one attached hydrogen (secondary N) is 2. The Morgan fingerprint density at radius 1 is 1.30 bits per heavy atom. The summed E-state index contributed by atoms with van der Waals surface area (Å²) in [7, 11) is 0. The van der Waals surface area contributed by atoms with Crippen molar-refractivity contribution in [2.24, 2.45) is 0 Å². The van der Waals surface area contributed by atoms with Crippen LogP contribution in [0.15, 0.2) is 6.33 Å². The Hall–Kier alpha value is -1.96. The molecule has 0 amide bonds. The molecule has 0 spiro atoms. The summed E-state index contributed by atoms with van der Waals surface area (Å²) < 4.78 is 0. The molecule has 0 aliphatic rings.